The molecule has 0 amide bonds. The Morgan fingerprint density at radius 3 is 2.17 bits per heavy atom. The lowest BCUT2D eigenvalue weighted by molar-refractivity contribution is -0.136. The van der Waals surface area contributed by atoms with E-state index in [4.69, 9.17) is 9.47 Å². The summed E-state index contributed by atoms with van der Waals surface area (Å²) in [5.41, 5.74) is 2.62. The van der Waals surface area contributed by atoms with E-state index in [0.717, 1.165) is 11.1 Å². The summed E-state index contributed by atoms with van der Waals surface area (Å²) in [5.74, 6) is 0.206. The molecule has 3 aromatic rings. The summed E-state index contributed by atoms with van der Waals surface area (Å²) in [6.45, 7) is 0. The number of methoxy groups -OCH3 is 2. The van der Waals surface area contributed by atoms with E-state index in [1.165, 1.54) is 7.11 Å². The fourth-order valence-electron chi connectivity index (χ4n) is 2.77. The molecule has 5 heteroatoms. The largest absolute Gasteiger partial charge is 0.507 e. The maximum absolute atomic E-state index is 12.4. The minimum atomic E-state index is -0.579. The lowest BCUT2D eigenvalue weighted by Gasteiger charge is -2.10. The Balaban J connectivity index is 2.16. The van der Waals surface area contributed by atoms with E-state index in [0.29, 0.717) is 17.0 Å². The van der Waals surface area contributed by atoms with Gasteiger partial charge >= 0.3 is 5.97 Å². The number of hydrogen-bond acceptors (Lipinski definition) is 5. The number of rotatable bonds is 6. The summed E-state index contributed by atoms with van der Waals surface area (Å²) in [4.78, 5) is 17.0. The van der Waals surface area contributed by atoms with Gasteiger partial charge in [0, 0.05) is 11.1 Å². The van der Waals surface area contributed by atoms with Gasteiger partial charge in [0.25, 0.3) is 0 Å². The number of nitrogens with zero attached hydrogens (tertiary/aromatic N) is 1. The summed E-state index contributed by atoms with van der Waals surface area (Å²) in [5, 5.41) is 10.4. The molecule has 146 valence electrons. The number of aliphatic imine (C=N–C) groups is 1. The summed E-state index contributed by atoms with van der Waals surface area (Å²) < 4.78 is 10.1. The molecule has 0 aliphatic rings. The van der Waals surface area contributed by atoms with Gasteiger partial charge in [0.15, 0.2) is 0 Å². The molecular formula is C24H21NO4. The first kappa shape index (κ1) is 19.9. The van der Waals surface area contributed by atoms with Gasteiger partial charge in [-0.05, 0) is 35.9 Å². The van der Waals surface area contributed by atoms with Crippen molar-refractivity contribution in [3.8, 4) is 11.5 Å². The van der Waals surface area contributed by atoms with Crippen LogP contribution in [0.4, 0.5) is 0 Å². The number of esters is 1. The van der Waals surface area contributed by atoms with E-state index < -0.39 is 5.97 Å². The van der Waals surface area contributed by atoms with Gasteiger partial charge in [0.05, 0.1) is 19.9 Å². The minimum absolute atomic E-state index is 0.0729. The molecule has 5 nitrogen and oxygen atoms in total. The van der Waals surface area contributed by atoms with Gasteiger partial charge in [-0.3, -0.25) is 0 Å². The molecule has 0 unspecified atom stereocenters. The van der Waals surface area contributed by atoms with Crippen molar-refractivity contribution in [3.63, 3.8) is 0 Å². The number of hydrogen-bond donors (Lipinski definition) is 1. The van der Waals surface area contributed by atoms with Crippen LogP contribution in [0.15, 0.2) is 89.6 Å². The average Bonchev–Trinajstić information content (AvgIpc) is 2.77. The first-order valence-corrected chi connectivity index (χ1v) is 8.99. The van der Waals surface area contributed by atoms with Crippen molar-refractivity contribution in [2.24, 2.45) is 4.99 Å². The van der Waals surface area contributed by atoms with Crippen LogP contribution in [0.5, 0.6) is 11.5 Å². The number of phenolic OH excluding ortho intramolecular Hbond substituents is 1. The Bertz CT molecular complexity index is 1040. The van der Waals surface area contributed by atoms with Crippen LogP contribution in [0.25, 0.3) is 6.08 Å². The van der Waals surface area contributed by atoms with E-state index >= 15 is 0 Å². The van der Waals surface area contributed by atoms with Crippen molar-refractivity contribution in [2.75, 3.05) is 14.2 Å². The van der Waals surface area contributed by atoms with Crippen LogP contribution in [0.3, 0.4) is 0 Å². The zero-order valence-corrected chi connectivity index (χ0v) is 16.2. The molecule has 0 aliphatic carbocycles. The van der Waals surface area contributed by atoms with Gasteiger partial charge in [-0.25, -0.2) is 9.79 Å². The lowest BCUT2D eigenvalue weighted by Crippen LogP contribution is -2.09. The molecule has 0 spiro atoms. The smallest absolute Gasteiger partial charge is 0.356 e. The molecule has 0 heterocycles. The molecule has 1 N–H and O–H groups in total. The van der Waals surface area contributed by atoms with Gasteiger partial charge in [0.1, 0.15) is 17.2 Å². The summed E-state index contributed by atoms with van der Waals surface area (Å²) in [7, 11) is 2.90. The molecule has 29 heavy (non-hydrogen) atoms. The molecule has 0 fully saturated rings. The quantitative estimate of drug-likeness (QED) is 0.385. The Morgan fingerprint density at radius 2 is 1.55 bits per heavy atom. The van der Waals surface area contributed by atoms with Crippen LogP contribution in [-0.2, 0) is 9.53 Å². The minimum Gasteiger partial charge on any atom is -0.507 e. The third-order valence-electron chi connectivity index (χ3n) is 4.25. The summed E-state index contributed by atoms with van der Waals surface area (Å²) >= 11 is 0. The van der Waals surface area contributed by atoms with E-state index in [1.807, 2.05) is 42.5 Å². The second kappa shape index (κ2) is 9.37. The number of ether oxygens (including phenoxy) is 2. The molecule has 0 atom stereocenters. The predicted molar refractivity (Wildman–Crippen MR) is 113 cm³/mol. The zero-order valence-electron chi connectivity index (χ0n) is 16.2. The standard InChI is InChI=1S/C24H21NO4/c1-28-19-14-12-17(13-15-19)16-21(24(27)29-2)25-23(18-8-4-3-5-9-18)20-10-6-7-11-22(20)26/h3-16,26H,1-2H3/b21-16-,25-23?. The van der Waals surface area contributed by atoms with Crippen LogP contribution >= 0.6 is 0 Å². The van der Waals surface area contributed by atoms with Crippen LogP contribution in [-0.4, -0.2) is 31.0 Å². The second-order valence-electron chi connectivity index (χ2n) is 6.14. The van der Waals surface area contributed by atoms with Crippen molar-refractivity contribution in [1.29, 1.82) is 0 Å². The van der Waals surface area contributed by atoms with Gasteiger partial charge in [-0.2, -0.15) is 0 Å². The molecule has 0 bridgehead atoms. The molecule has 0 aromatic heterocycles. The Labute approximate surface area is 169 Å². The van der Waals surface area contributed by atoms with Crippen LogP contribution in [0, 0.1) is 0 Å². The number of benzene rings is 3. The first-order valence-electron chi connectivity index (χ1n) is 8.99. The molecule has 0 saturated heterocycles. The number of phenols is 1. The maximum Gasteiger partial charge on any atom is 0.356 e. The van der Waals surface area contributed by atoms with Crippen molar-refractivity contribution in [2.45, 2.75) is 0 Å². The number of para-hydroxylation sites is 1. The highest BCUT2D eigenvalue weighted by atomic mass is 16.5. The highest BCUT2D eigenvalue weighted by Crippen LogP contribution is 2.23. The Hall–Kier alpha value is -3.86. The fraction of sp³-hybridized carbons (Fsp3) is 0.0833. The first-order chi connectivity index (χ1) is 14.1. The van der Waals surface area contributed by atoms with Crippen molar-refractivity contribution in [3.05, 3.63) is 101 Å². The van der Waals surface area contributed by atoms with E-state index in [9.17, 15) is 9.90 Å². The van der Waals surface area contributed by atoms with E-state index in [2.05, 4.69) is 4.99 Å². The van der Waals surface area contributed by atoms with Gasteiger partial charge in [-0.15, -0.1) is 0 Å². The van der Waals surface area contributed by atoms with Crippen LogP contribution in [0.1, 0.15) is 16.7 Å². The number of aromatic hydroxyl groups is 1. The van der Waals surface area contributed by atoms with Gasteiger partial charge < -0.3 is 14.6 Å². The predicted octanol–water partition coefficient (Wildman–Crippen LogP) is 4.45. The van der Waals surface area contributed by atoms with E-state index in [-0.39, 0.29) is 11.4 Å². The third-order valence-corrected chi connectivity index (χ3v) is 4.25. The molecule has 0 radical (unpaired) electrons. The van der Waals surface area contributed by atoms with Crippen LogP contribution in [0.2, 0.25) is 0 Å². The Morgan fingerprint density at radius 1 is 0.897 bits per heavy atom. The normalized spacial score (nSPS) is 11.8. The molecule has 0 saturated carbocycles. The molecule has 3 rings (SSSR count). The number of carbonyl (C=O) groups excluding carboxylic acids is 1. The van der Waals surface area contributed by atoms with Crippen molar-refractivity contribution in [1.82, 2.24) is 0 Å². The zero-order chi connectivity index (χ0) is 20.6. The topological polar surface area (TPSA) is 68.1 Å². The molecular weight excluding hydrogens is 366 g/mol. The van der Waals surface area contributed by atoms with Gasteiger partial charge in [-0.1, -0.05) is 54.6 Å². The lowest BCUT2D eigenvalue weighted by atomic mass is 10.0. The summed E-state index contributed by atoms with van der Waals surface area (Å²) in [6, 6.07) is 23.5. The fourth-order valence-corrected chi connectivity index (χ4v) is 2.77. The monoisotopic (exact) mass is 387 g/mol. The van der Waals surface area contributed by atoms with Crippen molar-refractivity contribution < 1.29 is 19.4 Å². The Kier molecular flexibility index (Phi) is 6.43. The average molecular weight is 387 g/mol. The van der Waals surface area contributed by atoms with Gasteiger partial charge in [0.2, 0.25) is 0 Å². The maximum atomic E-state index is 12.4. The van der Waals surface area contributed by atoms with Crippen molar-refractivity contribution >= 4 is 17.8 Å². The highest BCUT2D eigenvalue weighted by Gasteiger charge is 2.16. The van der Waals surface area contributed by atoms with E-state index in [1.54, 1.807) is 49.6 Å². The SMILES string of the molecule is COC(=O)/C(=C/c1ccc(OC)cc1)N=C(c1ccccc1)c1ccccc1O. The number of carbonyl (C=O) groups is 1. The third kappa shape index (κ3) is 4.90. The summed E-state index contributed by atoms with van der Waals surface area (Å²) in [6.07, 6.45) is 1.63. The highest BCUT2D eigenvalue weighted by molar-refractivity contribution is 6.16. The molecule has 3 aromatic carbocycles. The molecule has 0 aliphatic heterocycles. The second-order valence-corrected chi connectivity index (χ2v) is 6.14. The van der Waals surface area contributed by atoms with Crippen LogP contribution < -0.4 is 4.74 Å².